The summed E-state index contributed by atoms with van der Waals surface area (Å²) in [4.78, 5) is 8.95. The number of hydrogen-bond acceptors (Lipinski definition) is 3. The van der Waals surface area contributed by atoms with E-state index in [2.05, 4.69) is 15.1 Å². The van der Waals surface area contributed by atoms with Gasteiger partial charge in [0.05, 0.1) is 17.4 Å². The first-order valence-corrected chi connectivity index (χ1v) is 5.46. The highest BCUT2D eigenvalue weighted by Gasteiger charge is 2.08. The Hall–Kier alpha value is -2.23. The molecule has 0 atom stereocenters. The molecule has 0 amide bonds. The van der Waals surface area contributed by atoms with Gasteiger partial charge in [-0.05, 0) is 13.0 Å². The predicted molar refractivity (Wildman–Crippen MR) is 66.5 cm³/mol. The number of nitrogens with zero attached hydrogens (tertiary/aromatic N) is 4. The van der Waals surface area contributed by atoms with Crippen LogP contribution in [0.4, 0.5) is 0 Å². The van der Waals surface area contributed by atoms with Crippen LogP contribution in [0.15, 0.2) is 36.7 Å². The van der Waals surface area contributed by atoms with Gasteiger partial charge in [0.25, 0.3) is 0 Å². The van der Waals surface area contributed by atoms with Crippen molar-refractivity contribution in [3.63, 3.8) is 0 Å². The Morgan fingerprint density at radius 2 is 1.94 bits per heavy atom. The average molecular weight is 224 g/mol. The standard InChI is InChI=1S/C13H12N4/c1-9-15-12-6-4-3-5-11(12)13(16-9)10-7-14-17(2)8-10/h3-8H,1-2H3. The number of rotatable bonds is 1. The Labute approximate surface area is 98.9 Å². The van der Waals surface area contributed by atoms with Gasteiger partial charge in [0.1, 0.15) is 5.82 Å². The lowest BCUT2D eigenvalue weighted by Crippen LogP contribution is -1.93. The van der Waals surface area contributed by atoms with E-state index in [1.165, 1.54) is 0 Å². The summed E-state index contributed by atoms with van der Waals surface area (Å²) in [6.45, 7) is 1.91. The summed E-state index contributed by atoms with van der Waals surface area (Å²) in [6.07, 6.45) is 3.79. The van der Waals surface area contributed by atoms with E-state index in [1.54, 1.807) is 4.68 Å². The molecule has 3 aromatic rings. The highest BCUT2D eigenvalue weighted by molar-refractivity contribution is 5.91. The normalized spacial score (nSPS) is 10.9. The first-order chi connectivity index (χ1) is 8.24. The van der Waals surface area contributed by atoms with E-state index in [-0.39, 0.29) is 0 Å². The molecule has 84 valence electrons. The van der Waals surface area contributed by atoms with Gasteiger partial charge in [-0.3, -0.25) is 4.68 Å². The van der Waals surface area contributed by atoms with Crippen LogP contribution in [0.2, 0.25) is 0 Å². The van der Waals surface area contributed by atoms with Crippen LogP contribution in [-0.2, 0) is 7.05 Å². The summed E-state index contributed by atoms with van der Waals surface area (Å²) in [5.41, 5.74) is 2.94. The van der Waals surface area contributed by atoms with E-state index in [0.717, 1.165) is 28.0 Å². The smallest absolute Gasteiger partial charge is 0.126 e. The molecule has 0 radical (unpaired) electrons. The second kappa shape index (κ2) is 3.66. The second-order valence-electron chi connectivity index (χ2n) is 4.04. The minimum Gasteiger partial charge on any atom is -0.275 e. The Morgan fingerprint density at radius 1 is 1.12 bits per heavy atom. The van der Waals surface area contributed by atoms with Crippen LogP contribution in [-0.4, -0.2) is 19.7 Å². The minimum absolute atomic E-state index is 0.780. The van der Waals surface area contributed by atoms with Crippen molar-refractivity contribution >= 4 is 10.9 Å². The van der Waals surface area contributed by atoms with Gasteiger partial charge in [0, 0.05) is 24.2 Å². The topological polar surface area (TPSA) is 43.6 Å². The third kappa shape index (κ3) is 1.67. The molecule has 0 aliphatic rings. The van der Waals surface area contributed by atoms with Crippen LogP contribution >= 0.6 is 0 Å². The van der Waals surface area contributed by atoms with E-state index >= 15 is 0 Å². The van der Waals surface area contributed by atoms with Crippen molar-refractivity contribution in [1.29, 1.82) is 0 Å². The maximum Gasteiger partial charge on any atom is 0.126 e. The summed E-state index contributed by atoms with van der Waals surface area (Å²) in [7, 11) is 1.90. The van der Waals surface area contributed by atoms with Crippen molar-refractivity contribution in [2.24, 2.45) is 7.05 Å². The maximum absolute atomic E-state index is 4.52. The van der Waals surface area contributed by atoms with E-state index in [4.69, 9.17) is 0 Å². The molecule has 4 heteroatoms. The fourth-order valence-electron chi connectivity index (χ4n) is 1.96. The zero-order valence-electron chi connectivity index (χ0n) is 9.75. The third-order valence-electron chi connectivity index (χ3n) is 2.69. The molecule has 0 saturated carbocycles. The van der Waals surface area contributed by atoms with Gasteiger partial charge in [-0.2, -0.15) is 5.10 Å². The fourth-order valence-corrected chi connectivity index (χ4v) is 1.96. The highest BCUT2D eigenvalue weighted by Crippen LogP contribution is 2.25. The lowest BCUT2D eigenvalue weighted by atomic mass is 10.1. The first kappa shape index (κ1) is 9.96. The van der Waals surface area contributed by atoms with Crippen LogP contribution in [0.5, 0.6) is 0 Å². The Bertz CT molecular complexity index is 685. The van der Waals surface area contributed by atoms with Crippen molar-refractivity contribution in [3.05, 3.63) is 42.5 Å². The molecule has 0 saturated heterocycles. The lowest BCUT2D eigenvalue weighted by molar-refractivity contribution is 0.768. The molecule has 0 aliphatic heterocycles. The minimum atomic E-state index is 0.780. The third-order valence-corrected chi connectivity index (χ3v) is 2.69. The Balaban J connectivity index is 2.35. The average Bonchev–Trinajstić information content (AvgIpc) is 2.74. The van der Waals surface area contributed by atoms with Crippen LogP contribution in [0.1, 0.15) is 5.82 Å². The molecule has 0 bridgehead atoms. The second-order valence-corrected chi connectivity index (χ2v) is 4.04. The molecule has 4 nitrogen and oxygen atoms in total. The quantitative estimate of drug-likeness (QED) is 0.637. The molecule has 3 rings (SSSR count). The number of aromatic nitrogens is 4. The number of hydrogen-bond donors (Lipinski definition) is 0. The monoisotopic (exact) mass is 224 g/mol. The molecule has 0 unspecified atom stereocenters. The molecule has 0 fully saturated rings. The van der Waals surface area contributed by atoms with Gasteiger partial charge in [0.15, 0.2) is 0 Å². The molecule has 0 spiro atoms. The summed E-state index contributed by atoms with van der Waals surface area (Å²) in [5.74, 6) is 0.780. The number of fused-ring (bicyclic) bond motifs is 1. The van der Waals surface area contributed by atoms with Gasteiger partial charge < -0.3 is 0 Å². The van der Waals surface area contributed by atoms with Gasteiger partial charge >= 0.3 is 0 Å². The summed E-state index contributed by atoms with van der Waals surface area (Å²) >= 11 is 0. The van der Waals surface area contributed by atoms with Gasteiger partial charge in [-0.1, -0.05) is 18.2 Å². The molecule has 1 aromatic carbocycles. The van der Waals surface area contributed by atoms with E-state index in [0.29, 0.717) is 0 Å². The molecular weight excluding hydrogens is 212 g/mol. The van der Waals surface area contributed by atoms with Crippen molar-refractivity contribution in [2.75, 3.05) is 0 Å². The zero-order valence-corrected chi connectivity index (χ0v) is 9.75. The SMILES string of the molecule is Cc1nc(-c2cnn(C)c2)c2ccccc2n1. The lowest BCUT2D eigenvalue weighted by Gasteiger charge is -2.04. The zero-order chi connectivity index (χ0) is 11.8. The van der Waals surface area contributed by atoms with Crippen LogP contribution in [0, 0.1) is 6.92 Å². The number of benzene rings is 1. The molecular formula is C13H12N4. The predicted octanol–water partition coefficient (Wildman–Crippen LogP) is 2.34. The Morgan fingerprint density at radius 3 is 2.71 bits per heavy atom. The largest absolute Gasteiger partial charge is 0.275 e. The maximum atomic E-state index is 4.52. The van der Waals surface area contributed by atoms with Crippen molar-refractivity contribution in [1.82, 2.24) is 19.7 Å². The molecule has 0 N–H and O–H groups in total. The van der Waals surface area contributed by atoms with Crippen LogP contribution in [0.25, 0.3) is 22.2 Å². The van der Waals surface area contributed by atoms with Crippen molar-refractivity contribution < 1.29 is 0 Å². The summed E-state index contributed by atoms with van der Waals surface area (Å²) in [6, 6.07) is 8.03. The van der Waals surface area contributed by atoms with Crippen molar-refractivity contribution in [3.8, 4) is 11.3 Å². The van der Waals surface area contributed by atoms with Crippen molar-refractivity contribution in [2.45, 2.75) is 6.92 Å². The number of aryl methyl sites for hydroxylation is 2. The van der Waals surface area contributed by atoms with Gasteiger partial charge in [-0.25, -0.2) is 9.97 Å². The van der Waals surface area contributed by atoms with Gasteiger partial charge in [0.2, 0.25) is 0 Å². The highest BCUT2D eigenvalue weighted by atomic mass is 15.2. The molecule has 2 aromatic heterocycles. The van der Waals surface area contributed by atoms with E-state index in [9.17, 15) is 0 Å². The van der Waals surface area contributed by atoms with Crippen LogP contribution in [0.3, 0.4) is 0 Å². The van der Waals surface area contributed by atoms with E-state index < -0.39 is 0 Å². The number of para-hydroxylation sites is 1. The molecule has 17 heavy (non-hydrogen) atoms. The summed E-state index contributed by atoms with van der Waals surface area (Å²) < 4.78 is 1.78. The summed E-state index contributed by atoms with van der Waals surface area (Å²) in [5, 5.41) is 5.25. The molecule has 2 heterocycles. The molecule has 0 aliphatic carbocycles. The fraction of sp³-hybridized carbons (Fsp3) is 0.154. The Kier molecular flexibility index (Phi) is 2.14. The van der Waals surface area contributed by atoms with Gasteiger partial charge in [-0.15, -0.1) is 0 Å². The van der Waals surface area contributed by atoms with Crippen LogP contribution < -0.4 is 0 Å². The first-order valence-electron chi connectivity index (χ1n) is 5.46. The van der Waals surface area contributed by atoms with E-state index in [1.807, 2.05) is 50.6 Å².